The molecule has 4 nitrogen and oxygen atoms in total. The molecule has 1 aromatic heterocycles. The number of H-pyrrole nitrogens is 1. The van der Waals surface area contributed by atoms with E-state index in [0.717, 1.165) is 19.4 Å². The number of rotatable bonds is 4. The topological polar surface area (TPSA) is 53.2 Å². The molecule has 128 valence electrons. The molecule has 0 spiro atoms. The lowest BCUT2D eigenvalue weighted by Gasteiger charge is -2.45. The quantitative estimate of drug-likeness (QED) is 0.927. The molecule has 4 rings (SSSR count). The summed E-state index contributed by atoms with van der Waals surface area (Å²) in [6.07, 6.45) is 4.32. The number of hydrogen-bond donors (Lipinski definition) is 1. The van der Waals surface area contributed by atoms with Gasteiger partial charge in [0.25, 0.3) is 0 Å². The number of carbonyl (C=O) groups excluding carboxylic acids is 1. The van der Waals surface area contributed by atoms with E-state index in [1.165, 1.54) is 29.0 Å². The fourth-order valence-corrected chi connectivity index (χ4v) is 6.06. The van der Waals surface area contributed by atoms with Crippen molar-refractivity contribution in [2.45, 2.75) is 31.7 Å². The molecule has 1 aliphatic carbocycles. The van der Waals surface area contributed by atoms with E-state index in [1.807, 2.05) is 0 Å². The number of aromatic amines is 1. The minimum Gasteiger partial charge on any atom is -0.361 e. The second-order valence-corrected chi connectivity index (χ2v) is 8.96. The Morgan fingerprint density at radius 3 is 3.04 bits per heavy atom. The molecule has 2 aromatic rings. The molecule has 0 saturated carbocycles. The van der Waals surface area contributed by atoms with Gasteiger partial charge in [-0.15, -0.1) is 0 Å². The molecule has 1 saturated heterocycles. The number of nitrogens with zero attached hydrogens (tertiary/aromatic N) is 1. The van der Waals surface area contributed by atoms with Gasteiger partial charge in [0.05, 0.1) is 5.75 Å². The fourth-order valence-electron chi connectivity index (χ4n) is 4.72. The molecule has 24 heavy (non-hydrogen) atoms. The van der Waals surface area contributed by atoms with Crippen LogP contribution in [0.25, 0.3) is 10.9 Å². The highest BCUT2D eigenvalue weighted by Crippen LogP contribution is 2.44. The summed E-state index contributed by atoms with van der Waals surface area (Å²) in [7, 11) is 1.16. The lowest BCUT2D eigenvalue weighted by molar-refractivity contribution is -0.114. The van der Waals surface area contributed by atoms with E-state index in [0.29, 0.717) is 23.6 Å². The summed E-state index contributed by atoms with van der Waals surface area (Å²) in [4.78, 5) is 17.1. The third-order valence-electron chi connectivity index (χ3n) is 5.60. The zero-order valence-electron chi connectivity index (χ0n) is 14.2. The maximum Gasteiger partial charge on any atom is 0.142 e. The summed E-state index contributed by atoms with van der Waals surface area (Å²) < 4.78 is 12.2. The van der Waals surface area contributed by atoms with Gasteiger partial charge in [-0.2, -0.15) is 0 Å². The number of likely N-dealkylation sites (tertiary alicyclic amines) is 1. The van der Waals surface area contributed by atoms with Crippen LogP contribution in [0.4, 0.5) is 0 Å². The van der Waals surface area contributed by atoms with Crippen LogP contribution in [0.5, 0.6) is 0 Å². The minimum absolute atomic E-state index is 0.0229. The first-order valence-electron chi connectivity index (χ1n) is 8.66. The van der Waals surface area contributed by atoms with Gasteiger partial charge < -0.3 is 9.88 Å². The largest absolute Gasteiger partial charge is 0.361 e. The van der Waals surface area contributed by atoms with Crippen LogP contribution in [-0.4, -0.2) is 51.0 Å². The van der Waals surface area contributed by atoms with E-state index < -0.39 is 10.8 Å². The second kappa shape index (κ2) is 6.12. The molecule has 0 bridgehead atoms. The summed E-state index contributed by atoms with van der Waals surface area (Å²) in [5.41, 5.74) is 4.09. The normalized spacial score (nSPS) is 27.8. The van der Waals surface area contributed by atoms with Crippen molar-refractivity contribution in [3.05, 3.63) is 35.5 Å². The maximum atomic E-state index is 12.2. The van der Waals surface area contributed by atoms with Crippen molar-refractivity contribution in [3.8, 4) is 0 Å². The molecule has 2 heterocycles. The van der Waals surface area contributed by atoms with Gasteiger partial charge in [0.2, 0.25) is 0 Å². The number of hydrogen-bond acceptors (Lipinski definition) is 3. The highest BCUT2D eigenvalue weighted by molar-refractivity contribution is 7.85. The Kier molecular flexibility index (Phi) is 4.09. The Morgan fingerprint density at radius 1 is 1.42 bits per heavy atom. The van der Waals surface area contributed by atoms with Crippen LogP contribution in [0, 0.1) is 5.92 Å². The Labute approximate surface area is 145 Å². The highest BCUT2D eigenvalue weighted by atomic mass is 32.2. The number of benzene rings is 1. The molecule has 0 radical (unpaired) electrons. The van der Waals surface area contributed by atoms with Gasteiger partial charge in [-0.05, 0) is 49.9 Å². The van der Waals surface area contributed by atoms with Gasteiger partial charge in [0.1, 0.15) is 5.78 Å². The molecule has 2 aliphatic rings. The SMILES string of the molecule is CC(=O)CS(=O)CC1CC2c3cccc4[nH]cc(c34)CC2N(C)C1. The van der Waals surface area contributed by atoms with Crippen LogP contribution in [0.3, 0.4) is 0 Å². The Bertz CT molecular complexity index is 813. The summed E-state index contributed by atoms with van der Waals surface area (Å²) in [5.74, 6) is 1.76. The molecule has 5 heteroatoms. The highest BCUT2D eigenvalue weighted by Gasteiger charge is 2.39. The number of Topliss-reactive ketones (excluding diaryl/α,β-unsaturated/α-hetero) is 1. The molecule has 1 fully saturated rings. The van der Waals surface area contributed by atoms with Crippen molar-refractivity contribution in [2.75, 3.05) is 25.1 Å². The number of fused-ring (bicyclic) bond motifs is 2. The summed E-state index contributed by atoms with van der Waals surface area (Å²) >= 11 is 0. The van der Waals surface area contributed by atoms with Crippen molar-refractivity contribution in [1.29, 1.82) is 0 Å². The first-order chi connectivity index (χ1) is 11.5. The van der Waals surface area contributed by atoms with Crippen molar-refractivity contribution in [1.82, 2.24) is 9.88 Å². The van der Waals surface area contributed by atoms with E-state index in [2.05, 4.69) is 41.3 Å². The zero-order chi connectivity index (χ0) is 16.8. The predicted molar refractivity (Wildman–Crippen MR) is 97.8 cm³/mol. The number of ketones is 1. The number of likely N-dealkylation sites (N-methyl/N-ethyl adjacent to an activating group) is 1. The van der Waals surface area contributed by atoms with Gasteiger partial charge in [-0.25, -0.2) is 0 Å². The maximum absolute atomic E-state index is 12.2. The van der Waals surface area contributed by atoms with Crippen LogP contribution in [0.2, 0.25) is 0 Å². The fraction of sp³-hybridized carbons (Fsp3) is 0.526. The number of aromatic nitrogens is 1. The van der Waals surface area contributed by atoms with E-state index in [9.17, 15) is 9.00 Å². The lowest BCUT2D eigenvalue weighted by atomic mass is 9.73. The van der Waals surface area contributed by atoms with Crippen molar-refractivity contribution < 1.29 is 9.00 Å². The monoisotopic (exact) mass is 344 g/mol. The number of nitrogens with one attached hydrogen (secondary N) is 1. The van der Waals surface area contributed by atoms with E-state index in [1.54, 1.807) is 0 Å². The van der Waals surface area contributed by atoms with Crippen molar-refractivity contribution >= 4 is 27.5 Å². The molecular formula is C19H24N2O2S. The lowest BCUT2D eigenvalue weighted by Crippen LogP contribution is -2.49. The smallest absolute Gasteiger partial charge is 0.142 e. The second-order valence-electron chi connectivity index (χ2n) is 7.46. The average Bonchev–Trinajstić information content (AvgIpc) is 2.92. The van der Waals surface area contributed by atoms with E-state index in [4.69, 9.17) is 0 Å². The van der Waals surface area contributed by atoms with Crippen LogP contribution in [0.15, 0.2) is 24.4 Å². The van der Waals surface area contributed by atoms with Gasteiger partial charge in [0, 0.05) is 52.2 Å². The van der Waals surface area contributed by atoms with Crippen LogP contribution in [-0.2, 0) is 22.0 Å². The molecule has 1 aromatic carbocycles. The molecule has 0 amide bonds. The van der Waals surface area contributed by atoms with E-state index >= 15 is 0 Å². The molecule has 4 unspecified atom stereocenters. The van der Waals surface area contributed by atoms with Crippen LogP contribution < -0.4 is 0 Å². The molecule has 4 atom stereocenters. The summed E-state index contributed by atoms with van der Waals surface area (Å²) in [6, 6.07) is 7.07. The number of carbonyl (C=O) groups is 1. The summed E-state index contributed by atoms with van der Waals surface area (Å²) in [5, 5.41) is 1.40. The standard InChI is InChI=1S/C19H24N2O2S/c1-12(22)10-24(23)11-13-6-16-15-4-3-5-17-19(15)14(8-20-17)7-18(16)21(2)9-13/h3-5,8,13,16,18,20H,6-7,9-11H2,1-2H3. The first-order valence-corrected chi connectivity index (χ1v) is 10.1. The third kappa shape index (κ3) is 2.74. The van der Waals surface area contributed by atoms with Crippen LogP contribution in [0.1, 0.15) is 30.4 Å². The number of piperidine rings is 1. The Morgan fingerprint density at radius 2 is 2.25 bits per heavy atom. The predicted octanol–water partition coefficient (Wildman–Crippen LogP) is 2.47. The Balaban J connectivity index is 1.61. The Hall–Kier alpha value is -1.46. The summed E-state index contributed by atoms with van der Waals surface area (Å²) in [6.45, 7) is 2.50. The molecule has 1 N–H and O–H groups in total. The third-order valence-corrected chi connectivity index (χ3v) is 7.17. The van der Waals surface area contributed by atoms with Gasteiger partial charge in [-0.1, -0.05) is 12.1 Å². The van der Waals surface area contributed by atoms with Gasteiger partial charge in [0.15, 0.2) is 0 Å². The van der Waals surface area contributed by atoms with Crippen LogP contribution >= 0.6 is 0 Å². The first kappa shape index (κ1) is 16.0. The van der Waals surface area contributed by atoms with Crippen molar-refractivity contribution in [2.24, 2.45) is 5.92 Å². The minimum atomic E-state index is -1.03. The van der Waals surface area contributed by atoms with Gasteiger partial charge >= 0.3 is 0 Å². The molecular weight excluding hydrogens is 320 g/mol. The van der Waals surface area contributed by atoms with Crippen molar-refractivity contribution in [3.63, 3.8) is 0 Å². The zero-order valence-corrected chi connectivity index (χ0v) is 15.1. The van der Waals surface area contributed by atoms with E-state index in [-0.39, 0.29) is 11.5 Å². The molecule has 1 aliphatic heterocycles. The average molecular weight is 344 g/mol. The van der Waals surface area contributed by atoms with Gasteiger partial charge in [-0.3, -0.25) is 9.00 Å².